The van der Waals surface area contributed by atoms with Crippen molar-refractivity contribution in [1.82, 2.24) is 0 Å². The first-order valence-corrected chi connectivity index (χ1v) is 4.61. The van der Waals surface area contributed by atoms with Gasteiger partial charge in [0.05, 0.1) is 31.7 Å². The summed E-state index contributed by atoms with van der Waals surface area (Å²) in [5.41, 5.74) is 6.97. The molecule has 84 valence electrons. The van der Waals surface area contributed by atoms with Crippen LogP contribution in [0.25, 0.3) is 11.0 Å². The number of nitrogen functional groups attached to an aromatic ring is 1. The number of rotatable bonds is 2. The summed E-state index contributed by atoms with van der Waals surface area (Å²) in [7, 11) is 2.79. The van der Waals surface area contributed by atoms with E-state index in [0.717, 1.165) is 0 Å². The molecule has 2 N–H and O–H groups in total. The van der Waals surface area contributed by atoms with E-state index in [0.29, 0.717) is 22.4 Å². The molecule has 2 aromatic rings. The molecule has 0 saturated heterocycles. The molecule has 0 aliphatic rings. The number of furan rings is 1. The third-order valence-electron chi connectivity index (χ3n) is 2.37. The molecule has 0 aliphatic carbocycles. The topological polar surface area (TPSA) is 74.7 Å². The second-order valence-corrected chi connectivity index (χ2v) is 3.20. The van der Waals surface area contributed by atoms with Crippen molar-refractivity contribution in [2.45, 2.75) is 0 Å². The SMILES string of the molecule is COC(=O)c1cc(OC)c2occc2c1N. The number of benzene rings is 1. The minimum Gasteiger partial charge on any atom is -0.493 e. The van der Waals surface area contributed by atoms with Crippen molar-refractivity contribution in [3.63, 3.8) is 0 Å². The number of methoxy groups -OCH3 is 2. The second-order valence-electron chi connectivity index (χ2n) is 3.20. The van der Waals surface area contributed by atoms with E-state index in [1.165, 1.54) is 26.5 Å². The monoisotopic (exact) mass is 221 g/mol. The molecule has 1 aromatic carbocycles. The van der Waals surface area contributed by atoms with E-state index in [-0.39, 0.29) is 5.56 Å². The zero-order valence-electron chi connectivity index (χ0n) is 8.94. The van der Waals surface area contributed by atoms with Crippen LogP contribution in [0, 0.1) is 0 Å². The van der Waals surface area contributed by atoms with Gasteiger partial charge in [-0.2, -0.15) is 0 Å². The molecule has 1 heterocycles. The first-order valence-electron chi connectivity index (χ1n) is 4.61. The Morgan fingerprint density at radius 3 is 2.81 bits per heavy atom. The molecule has 0 amide bonds. The number of hydrogen-bond donors (Lipinski definition) is 1. The first kappa shape index (κ1) is 10.4. The predicted octanol–water partition coefficient (Wildman–Crippen LogP) is 1.81. The molecule has 0 fully saturated rings. The Labute approximate surface area is 91.7 Å². The van der Waals surface area contributed by atoms with Crippen LogP contribution in [0.2, 0.25) is 0 Å². The molecule has 1 aromatic heterocycles. The van der Waals surface area contributed by atoms with Gasteiger partial charge in [0.15, 0.2) is 11.3 Å². The van der Waals surface area contributed by atoms with Crippen LogP contribution >= 0.6 is 0 Å². The molecule has 0 saturated carbocycles. The Hall–Kier alpha value is -2.17. The lowest BCUT2D eigenvalue weighted by Crippen LogP contribution is -2.06. The van der Waals surface area contributed by atoms with Gasteiger partial charge >= 0.3 is 5.97 Å². The number of nitrogens with two attached hydrogens (primary N) is 1. The van der Waals surface area contributed by atoms with Crippen LogP contribution in [0.3, 0.4) is 0 Å². The molecule has 0 aliphatic heterocycles. The van der Waals surface area contributed by atoms with Crippen molar-refractivity contribution >= 4 is 22.6 Å². The molecule has 0 radical (unpaired) electrons. The lowest BCUT2D eigenvalue weighted by atomic mass is 10.1. The summed E-state index contributed by atoms with van der Waals surface area (Å²) in [5, 5.41) is 0.639. The van der Waals surface area contributed by atoms with E-state index in [4.69, 9.17) is 14.9 Å². The van der Waals surface area contributed by atoms with Crippen molar-refractivity contribution in [2.24, 2.45) is 0 Å². The van der Waals surface area contributed by atoms with Gasteiger partial charge in [-0.25, -0.2) is 4.79 Å². The van der Waals surface area contributed by atoms with Crippen molar-refractivity contribution in [2.75, 3.05) is 20.0 Å². The Bertz CT molecular complexity index is 544. The highest BCUT2D eigenvalue weighted by Gasteiger charge is 2.18. The Morgan fingerprint density at radius 1 is 1.44 bits per heavy atom. The standard InChI is InChI=1S/C11H11NO4/c1-14-8-5-7(11(13)15-2)9(12)6-3-4-16-10(6)8/h3-5H,12H2,1-2H3. The molecule has 0 unspecified atom stereocenters. The zero-order valence-corrected chi connectivity index (χ0v) is 8.94. The van der Waals surface area contributed by atoms with E-state index < -0.39 is 5.97 Å². The van der Waals surface area contributed by atoms with Crippen LogP contribution in [0.4, 0.5) is 5.69 Å². The maximum absolute atomic E-state index is 11.5. The smallest absolute Gasteiger partial charge is 0.340 e. The number of anilines is 1. The number of esters is 1. The van der Waals surface area contributed by atoms with Crippen LogP contribution in [0.15, 0.2) is 22.8 Å². The van der Waals surface area contributed by atoms with Gasteiger partial charge in [-0.1, -0.05) is 0 Å². The lowest BCUT2D eigenvalue weighted by molar-refractivity contribution is 0.0601. The maximum Gasteiger partial charge on any atom is 0.340 e. The van der Waals surface area contributed by atoms with Crippen LogP contribution < -0.4 is 10.5 Å². The number of carbonyl (C=O) groups excluding carboxylic acids is 1. The van der Waals surface area contributed by atoms with Crippen molar-refractivity contribution in [3.8, 4) is 5.75 Å². The summed E-state index contributed by atoms with van der Waals surface area (Å²) in [6.07, 6.45) is 1.49. The van der Waals surface area contributed by atoms with Crippen LogP contribution in [-0.4, -0.2) is 20.2 Å². The first-order chi connectivity index (χ1) is 7.69. The van der Waals surface area contributed by atoms with Crippen LogP contribution in [0.1, 0.15) is 10.4 Å². The highest BCUT2D eigenvalue weighted by molar-refractivity contribution is 6.06. The van der Waals surface area contributed by atoms with Gasteiger partial charge in [0.25, 0.3) is 0 Å². The van der Waals surface area contributed by atoms with E-state index >= 15 is 0 Å². The highest BCUT2D eigenvalue weighted by Crippen LogP contribution is 2.34. The summed E-state index contributed by atoms with van der Waals surface area (Å²) in [4.78, 5) is 11.5. The average molecular weight is 221 g/mol. The molecule has 2 rings (SSSR count). The molecular formula is C11H11NO4. The normalized spacial score (nSPS) is 10.4. The summed E-state index contributed by atoms with van der Waals surface area (Å²) in [5.74, 6) is -0.0477. The van der Waals surface area contributed by atoms with Crippen molar-refractivity contribution < 1.29 is 18.7 Å². The van der Waals surface area contributed by atoms with Gasteiger partial charge in [0.2, 0.25) is 0 Å². The molecule has 0 bridgehead atoms. The van der Waals surface area contributed by atoms with Gasteiger partial charge in [-0.3, -0.25) is 0 Å². The fourth-order valence-electron chi connectivity index (χ4n) is 1.56. The summed E-state index contributed by atoms with van der Waals surface area (Å²) < 4.78 is 15.0. The summed E-state index contributed by atoms with van der Waals surface area (Å²) in [6.45, 7) is 0. The lowest BCUT2D eigenvalue weighted by Gasteiger charge is -2.07. The van der Waals surface area contributed by atoms with Gasteiger partial charge in [0.1, 0.15) is 0 Å². The molecule has 5 nitrogen and oxygen atoms in total. The summed E-state index contributed by atoms with van der Waals surface area (Å²) >= 11 is 0. The minimum atomic E-state index is -0.501. The molecule has 0 spiro atoms. The number of fused-ring (bicyclic) bond motifs is 1. The largest absolute Gasteiger partial charge is 0.493 e. The third kappa shape index (κ3) is 1.37. The zero-order chi connectivity index (χ0) is 11.7. The van der Waals surface area contributed by atoms with E-state index in [1.54, 1.807) is 6.07 Å². The number of carbonyl (C=O) groups is 1. The van der Waals surface area contributed by atoms with Gasteiger partial charge in [-0.05, 0) is 6.07 Å². The van der Waals surface area contributed by atoms with E-state index in [9.17, 15) is 4.79 Å². The van der Waals surface area contributed by atoms with Crippen molar-refractivity contribution in [3.05, 3.63) is 24.0 Å². The molecule has 5 heteroatoms. The molecular weight excluding hydrogens is 210 g/mol. The van der Waals surface area contributed by atoms with Gasteiger partial charge in [-0.15, -0.1) is 0 Å². The molecule has 16 heavy (non-hydrogen) atoms. The summed E-state index contributed by atoms with van der Waals surface area (Å²) in [6, 6.07) is 3.19. The van der Waals surface area contributed by atoms with Crippen LogP contribution in [-0.2, 0) is 4.74 Å². The van der Waals surface area contributed by atoms with Crippen molar-refractivity contribution in [1.29, 1.82) is 0 Å². The van der Waals surface area contributed by atoms with Gasteiger partial charge in [0, 0.05) is 11.5 Å². The predicted molar refractivity (Wildman–Crippen MR) is 58.5 cm³/mol. The Kier molecular flexibility index (Phi) is 2.44. The number of ether oxygens (including phenoxy) is 2. The maximum atomic E-state index is 11.5. The highest BCUT2D eigenvalue weighted by atomic mass is 16.5. The average Bonchev–Trinajstić information content (AvgIpc) is 2.78. The quantitative estimate of drug-likeness (QED) is 0.618. The Morgan fingerprint density at radius 2 is 2.19 bits per heavy atom. The van der Waals surface area contributed by atoms with E-state index in [2.05, 4.69) is 4.74 Å². The third-order valence-corrected chi connectivity index (χ3v) is 2.37. The second kappa shape index (κ2) is 3.77. The fourth-order valence-corrected chi connectivity index (χ4v) is 1.56. The fraction of sp³-hybridized carbons (Fsp3) is 0.182. The van der Waals surface area contributed by atoms with Gasteiger partial charge < -0.3 is 19.6 Å². The number of hydrogen-bond acceptors (Lipinski definition) is 5. The minimum absolute atomic E-state index is 0.272. The van der Waals surface area contributed by atoms with Crippen LogP contribution in [0.5, 0.6) is 5.75 Å². The van der Waals surface area contributed by atoms with E-state index in [1.807, 2.05) is 0 Å². The molecule has 0 atom stereocenters. The Balaban J connectivity index is 2.75.